The summed E-state index contributed by atoms with van der Waals surface area (Å²) in [6.45, 7) is 4.71. The second-order valence-electron chi connectivity index (χ2n) is 8.57. The van der Waals surface area contributed by atoms with Crippen molar-refractivity contribution >= 4 is 33.9 Å². The second-order valence-corrected chi connectivity index (χ2v) is 8.96. The highest BCUT2D eigenvalue weighted by molar-refractivity contribution is 7.80. The number of benzene rings is 2. The average molecular weight is 434 g/mol. The smallest absolute Gasteiger partial charge is 0.253 e. The van der Waals surface area contributed by atoms with Gasteiger partial charge in [-0.05, 0) is 73.1 Å². The van der Waals surface area contributed by atoms with Crippen LogP contribution in [-0.2, 0) is 13.0 Å². The molecule has 0 amide bonds. The van der Waals surface area contributed by atoms with E-state index in [2.05, 4.69) is 52.5 Å². The number of hydrogen-bond acceptors (Lipinski definition) is 2. The quantitative estimate of drug-likeness (QED) is 0.490. The minimum atomic E-state index is -0.0318. The third kappa shape index (κ3) is 4.99. The zero-order chi connectivity index (χ0) is 21.8. The molecule has 4 nitrogen and oxygen atoms in total. The van der Waals surface area contributed by atoms with Gasteiger partial charge in [-0.2, -0.15) is 0 Å². The Kier molecular flexibility index (Phi) is 6.71. The molecule has 0 aliphatic heterocycles. The van der Waals surface area contributed by atoms with Crippen molar-refractivity contribution in [3.63, 3.8) is 0 Å². The summed E-state index contributed by atoms with van der Waals surface area (Å²) >= 11 is 5.90. The van der Waals surface area contributed by atoms with Gasteiger partial charge < -0.3 is 15.2 Å². The first kappa shape index (κ1) is 21.6. The molecule has 0 spiro atoms. The molecule has 0 saturated heterocycles. The minimum Gasteiger partial charge on any atom is -0.342 e. The van der Waals surface area contributed by atoms with Crippen molar-refractivity contribution in [2.75, 3.05) is 5.32 Å². The van der Waals surface area contributed by atoms with Crippen molar-refractivity contribution < 1.29 is 0 Å². The Balaban J connectivity index is 1.64. The van der Waals surface area contributed by atoms with E-state index in [1.165, 1.54) is 24.8 Å². The van der Waals surface area contributed by atoms with Gasteiger partial charge in [0.1, 0.15) is 0 Å². The molecule has 5 heteroatoms. The summed E-state index contributed by atoms with van der Waals surface area (Å²) in [5.74, 6) is 0. The predicted molar refractivity (Wildman–Crippen MR) is 134 cm³/mol. The number of fused-ring (bicyclic) bond motifs is 1. The molecule has 1 heterocycles. The van der Waals surface area contributed by atoms with Crippen molar-refractivity contribution in [2.24, 2.45) is 0 Å². The first-order chi connectivity index (χ1) is 15.0. The molecule has 0 unspecified atom stereocenters. The van der Waals surface area contributed by atoms with Crippen LogP contribution in [0.1, 0.15) is 55.7 Å². The Hall–Kier alpha value is -2.66. The van der Waals surface area contributed by atoms with Crippen LogP contribution in [-0.4, -0.2) is 21.0 Å². The number of pyridine rings is 1. The van der Waals surface area contributed by atoms with E-state index in [0.29, 0.717) is 17.7 Å². The molecule has 4 rings (SSSR count). The van der Waals surface area contributed by atoms with Gasteiger partial charge in [-0.15, -0.1) is 0 Å². The highest BCUT2D eigenvalue weighted by atomic mass is 32.1. The summed E-state index contributed by atoms with van der Waals surface area (Å²) in [6, 6.07) is 16.9. The highest BCUT2D eigenvalue weighted by Gasteiger charge is 2.25. The van der Waals surface area contributed by atoms with Crippen LogP contribution in [0.2, 0.25) is 0 Å². The lowest BCUT2D eigenvalue weighted by Gasteiger charge is -2.36. The van der Waals surface area contributed by atoms with E-state index in [-0.39, 0.29) is 5.56 Å². The molecule has 0 bridgehead atoms. The molecule has 162 valence electrons. The first-order valence-corrected chi connectivity index (χ1v) is 11.7. The fraction of sp³-hybridized carbons (Fsp3) is 0.385. The van der Waals surface area contributed by atoms with Crippen LogP contribution in [0, 0.1) is 6.92 Å². The summed E-state index contributed by atoms with van der Waals surface area (Å²) in [7, 11) is 0. The van der Waals surface area contributed by atoms with Crippen LogP contribution in [0.15, 0.2) is 53.3 Å². The predicted octanol–water partition coefficient (Wildman–Crippen LogP) is 5.93. The number of nitrogens with zero attached hydrogens (tertiary/aromatic N) is 1. The summed E-state index contributed by atoms with van der Waals surface area (Å²) < 4.78 is 0. The van der Waals surface area contributed by atoms with Crippen LogP contribution in [0.5, 0.6) is 0 Å². The van der Waals surface area contributed by atoms with Crippen molar-refractivity contribution in [3.8, 4) is 0 Å². The fourth-order valence-corrected chi connectivity index (χ4v) is 4.88. The molecule has 31 heavy (non-hydrogen) atoms. The maximum absolute atomic E-state index is 12.9. The fourth-order valence-electron chi connectivity index (χ4n) is 4.56. The van der Waals surface area contributed by atoms with Gasteiger partial charge in [-0.25, -0.2) is 0 Å². The van der Waals surface area contributed by atoms with Gasteiger partial charge in [-0.3, -0.25) is 4.79 Å². The van der Waals surface area contributed by atoms with E-state index in [4.69, 9.17) is 12.2 Å². The summed E-state index contributed by atoms with van der Waals surface area (Å²) in [4.78, 5) is 18.2. The number of nitrogens with one attached hydrogen (secondary N) is 2. The number of H-pyrrole nitrogens is 1. The van der Waals surface area contributed by atoms with Crippen molar-refractivity contribution in [1.29, 1.82) is 0 Å². The lowest BCUT2D eigenvalue weighted by atomic mass is 9.94. The Morgan fingerprint density at radius 2 is 1.87 bits per heavy atom. The van der Waals surface area contributed by atoms with Gasteiger partial charge in [0, 0.05) is 22.8 Å². The summed E-state index contributed by atoms with van der Waals surface area (Å²) in [5, 5.41) is 5.25. The van der Waals surface area contributed by atoms with Gasteiger partial charge in [0.25, 0.3) is 5.56 Å². The molecule has 0 radical (unpaired) electrons. The molecule has 1 aliphatic carbocycles. The molecule has 1 aliphatic rings. The number of anilines is 1. The van der Waals surface area contributed by atoms with Crippen LogP contribution in [0.3, 0.4) is 0 Å². The zero-order valence-corrected chi connectivity index (χ0v) is 19.2. The van der Waals surface area contributed by atoms with E-state index in [9.17, 15) is 4.79 Å². The molecule has 2 aromatic carbocycles. The monoisotopic (exact) mass is 433 g/mol. The van der Waals surface area contributed by atoms with E-state index >= 15 is 0 Å². The summed E-state index contributed by atoms with van der Waals surface area (Å²) in [6.07, 6.45) is 6.87. The van der Waals surface area contributed by atoms with Crippen LogP contribution < -0.4 is 10.9 Å². The Bertz CT molecular complexity index is 1130. The minimum absolute atomic E-state index is 0.0318. The molecular weight excluding hydrogens is 402 g/mol. The summed E-state index contributed by atoms with van der Waals surface area (Å²) in [5.41, 5.74) is 5.05. The third-order valence-electron chi connectivity index (χ3n) is 6.34. The van der Waals surface area contributed by atoms with E-state index in [0.717, 1.165) is 47.0 Å². The molecular formula is C26H31N3OS. The highest BCUT2D eigenvalue weighted by Crippen LogP contribution is 2.26. The van der Waals surface area contributed by atoms with Crippen molar-refractivity contribution in [3.05, 3.63) is 75.6 Å². The van der Waals surface area contributed by atoms with E-state index in [1.54, 1.807) is 0 Å². The molecule has 3 aromatic rings. The maximum Gasteiger partial charge on any atom is 0.253 e. The number of para-hydroxylation sites is 1. The number of thiocarbonyl (C=S) groups is 1. The first-order valence-electron chi connectivity index (χ1n) is 11.3. The number of rotatable bonds is 5. The Morgan fingerprint density at radius 1 is 1.10 bits per heavy atom. The molecule has 1 fully saturated rings. The van der Waals surface area contributed by atoms with Crippen LogP contribution >= 0.6 is 12.2 Å². The standard InChI is InChI=1S/C26H31N3OS/c1-3-19-9-7-8-12-23(19)28-26(31)29(22-10-5-4-6-11-22)17-21-16-20-14-13-18(2)15-24(20)27-25(21)30/h7-9,12-16,22H,3-6,10-11,17H2,1-2H3,(H,27,30)(H,28,31). The lowest BCUT2D eigenvalue weighted by Crippen LogP contribution is -2.44. The largest absolute Gasteiger partial charge is 0.342 e. The average Bonchev–Trinajstić information content (AvgIpc) is 2.78. The van der Waals surface area contributed by atoms with Crippen LogP contribution in [0.25, 0.3) is 10.9 Å². The Labute approximate surface area is 189 Å². The van der Waals surface area contributed by atoms with Gasteiger partial charge in [0.05, 0.1) is 6.54 Å². The number of aromatic amines is 1. The van der Waals surface area contributed by atoms with Gasteiger partial charge in [-0.1, -0.05) is 56.5 Å². The van der Waals surface area contributed by atoms with Crippen molar-refractivity contribution in [2.45, 2.75) is 65.0 Å². The third-order valence-corrected chi connectivity index (χ3v) is 6.67. The molecule has 1 aromatic heterocycles. The number of aryl methyl sites for hydroxylation is 2. The van der Waals surface area contributed by atoms with Gasteiger partial charge in [0.2, 0.25) is 0 Å². The maximum atomic E-state index is 12.9. The zero-order valence-electron chi connectivity index (χ0n) is 18.4. The number of aromatic nitrogens is 1. The lowest BCUT2D eigenvalue weighted by molar-refractivity contribution is 0.240. The number of hydrogen-bond donors (Lipinski definition) is 2. The Morgan fingerprint density at radius 3 is 2.65 bits per heavy atom. The SMILES string of the molecule is CCc1ccccc1NC(=S)N(Cc1cc2ccc(C)cc2[nH]c1=O)C1CCCCC1. The molecule has 1 saturated carbocycles. The molecule has 2 N–H and O–H groups in total. The topological polar surface area (TPSA) is 48.1 Å². The van der Waals surface area contributed by atoms with Gasteiger partial charge >= 0.3 is 0 Å². The van der Waals surface area contributed by atoms with E-state index in [1.807, 2.05) is 25.1 Å². The second kappa shape index (κ2) is 9.65. The van der Waals surface area contributed by atoms with Crippen LogP contribution in [0.4, 0.5) is 5.69 Å². The normalized spacial score (nSPS) is 14.5. The van der Waals surface area contributed by atoms with Crippen molar-refractivity contribution in [1.82, 2.24) is 9.88 Å². The van der Waals surface area contributed by atoms with E-state index < -0.39 is 0 Å². The van der Waals surface area contributed by atoms with Gasteiger partial charge in [0.15, 0.2) is 5.11 Å². The molecule has 0 atom stereocenters.